The maximum atomic E-state index is 12.6. The number of rotatable bonds is 8. The number of aromatic nitrogens is 3. The Hall–Kier alpha value is -2.37. The molecule has 1 aromatic carbocycles. The number of amides is 1. The average Bonchev–Trinajstić information content (AvgIpc) is 3.25. The fraction of sp³-hybridized carbons (Fsp3) is 0.524. The molecule has 1 aliphatic rings. The lowest BCUT2D eigenvalue weighted by Crippen LogP contribution is -2.49. The summed E-state index contributed by atoms with van der Waals surface area (Å²) in [5, 5.41) is 14.5. The van der Waals surface area contributed by atoms with Gasteiger partial charge in [0.1, 0.15) is 18.7 Å². The molecule has 1 amide bonds. The number of guanidine groups is 1. The number of anilines is 1. The van der Waals surface area contributed by atoms with Gasteiger partial charge in [0, 0.05) is 57.9 Å². The molecule has 0 spiro atoms. The highest BCUT2D eigenvalue weighted by Gasteiger charge is 2.21. The summed E-state index contributed by atoms with van der Waals surface area (Å²) in [6.07, 6.45) is 2.59. The summed E-state index contributed by atoms with van der Waals surface area (Å²) in [6, 6.07) is 10.3. The summed E-state index contributed by atoms with van der Waals surface area (Å²) in [5.41, 5.74) is 1.21. The minimum absolute atomic E-state index is 0. The van der Waals surface area contributed by atoms with E-state index in [1.165, 1.54) is 5.69 Å². The monoisotopic (exact) mass is 540 g/mol. The molecule has 3 rings (SSSR count). The summed E-state index contributed by atoms with van der Waals surface area (Å²) in [7, 11) is 0. The maximum Gasteiger partial charge on any atom is 0.244 e. The molecule has 1 aromatic heterocycles. The second-order valence-electron chi connectivity index (χ2n) is 7.12. The van der Waals surface area contributed by atoms with Gasteiger partial charge in [0.15, 0.2) is 5.96 Å². The molecule has 0 bridgehead atoms. The Morgan fingerprint density at radius 3 is 2.52 bits per heavy atom. The molecule has 2 N–H and O–H groups in total. The number of carbonyl (C=O) groups excluding carboxylic acids is 1. The highest BCUT2D eigenvalue weighted by molar-refractivity contribution is 14.0. The molecule has 0 unspecified atom stereocenters. The van der Waals surface area contributed by atoms with Gasteiger partial charge in [0.2, 0.25) is 5.91 Å². The lowest BCUT2D eigenvalue weighted by atomic mass is 10.2. The van der Waals surface area contributed by atoms with Gasteiger partial charge < -0.3 is 25.0 Å². The Balaban J connectivity index is 0.00000341. The third kappa shape index (κ3) is 7.37. The number of hydrogen-bond acceptors (Lipinski definition) is 5. The van der Waals surface area contributed by atoms with Crippen LogP contribution in [-0.4, -0.2) is 77.3 Å². The lowest BCUT2D eigenvalue weighted by Gasteiger charge is -2.36. The van der Waals surface area contributed by atoms with E-state index in [0.717, 1.165) is 51.5 Å². The molecule has 0 saturated carbocycles. The first-order chi connectivity index (χ1) is 14.7. The number of nitrogens with zero attached hydrogens (tertiary/aromatic N) is 6. The molecule has 1 saturated heterocycles. The van der Waals surface area contributed by atoms with Gasteiger partial charge in [0.05, 0.1) is 0 Å². The zero-order chi connectivity index (χ0) is 21.2. The van der Waals surface area contributed by atoms with Crippen LogP contribution < -0.4 is 15.5 Å². The van der Waals surface area contributed by atoms with E-state index in [1.54, 1.807) is 6.33 Å². The van der Waals surface area contributed by atoms with Crippen LogP contribution in [0.3, 0.4) is 0 Å². The molecular weight excluding hydrogens is 507 g/mol. The van der Waals surface area contributed by atoms with E-state index in [4.69, 9.17) is 0 Å². The van der Waals surface area contributed by atoms with Crippen LogP contribution in [0, 0.1) is 0 Å². The summed E-state index contributed by atoms with van der Waals surface area (Å²) in [5.74, 6) is 1.68. The van der Waals surface area contributed by atoms with Crippen LogP contribution in [0.2, 0.25) is 0 Å². The first-order valence-corrected chi connectivity index (χ1v) is 10.7. The van der Waals surface area contributed by atoms with Crippen molar-refractivity contribution in [2.24, 2.45) is 4.99 Å². The molecule has 9 nitrogen and oxygen atoms in total. The smallest absolute Gasteiger partial charge is 0.244 e. The Morgan fingerprint density at radius 1 is 1.10 bits per heavy atom. The maximum absolute atomic E-state index is 12.6. The number of nitrogens with one attached hydrogen (secondary N) is 2. The first-order valence-electron chi connectivity index (χ1n) is 10.7. The molecule has 0 radical (unpaired) electrons. The standard InChI is InChI=1S/C21H32N8O.HI/c1-3-19-26-25-17-29(19)11-10-23-21(22-4-2)24-16-20(30)28-14-12-27(13-15-28)18-8-6-5-7-9-18;/h5-9,17H,3-4,10-16H2,1-2H3,(H2,22,23,24);1H. The molecule has 10 heteroatoms. The van der Waals surface area contributed by atoms with Crippen molar-refractivity contribution < 1.29 is 4.79 Å². The molecule has 31 heavy (non-hydrogen) atoms. The second-order valence-corrected chi connectivity index (χ2v) is 7.12. The number of benzene rings is 1. The fourth-order valence-corrected chi connectivity index (χ4v) is 3.48. The van der Waals surface area contributed by atoms with Gasteiger partial charge in [-0.15, -0.1) is 34.2 Å². The Morgan fingerprint density at radius 2 is 1.84 bits per heavy atom. The van der Waals surface area contributed by atoms with Crippen molar-refractivity contribution in [1.29, 1.82) is 0 Å². The molecule has 0 aliphatic carbocycles. The van der Waals surface area contributed by atoms with Crippen LogP contribution in [0.1, 0.15) is 19.7 Å². The van der Waals surface area contributed by atoms with E-state index in [9.17, 15) is 4.79 Å². The van der Waals surface area contributed by atoms with Crippen LogP contribution in [0.25, 0.3) is 0 Å². The quantitative estimate of drug-likeness (QED) is 0.299. The van der Waals surface area contributed by atoms with E-state index in [-0.39, 0.29) is 36.4 Å². The number of aliphatic imine (C=N–C) groups is 1. The summed E-state index contributed by atoms with van der Waals surface area (Å²) in [6.45, 7) is 9.52. The third-order valence-corrected chi connectivity index (χ3v) is 5.13. The van der Waals surface area contributed by atoms with Crippen molar-refractivity contribution in [2.45, 2.75) is 26.8 Å². The van der Waals surface area contributed by atoms with E-state index in [1.807, 2.05) is 34.6 Å². The van der Waals surface area contributed by atoms with Gasteiger partial charge in [-0.3, -0.25) is 4.79 Å². The van der Waals surface area contributed by atoms with Crippen molar-refractivity contribution in [3.8, 4) is 0 Å². The third-order valence-electron chi connectivity index (χ3n) is 5.13. The minimum Gasteiger partial charge on any atom is -0.368 e. The highest BCUT2D eigenvalue weighted by Crippen LogP contribution is 2.15. The van der Waals surface area contributed by atoms with Crippen molar-refractivity contribution >= 4 is 41.5 Å². The molecule has 170 valence electrons. The first kappa shape index (κ1) is 24.9. The van der Waals surface area contributed by atoms with Gasteiger partial charge in [-0.1, -0.05) is 25.1 Å². The molecule has 1 aliphatic heterocycles. The van der Waals surface area contributed by atoms with Gasteiger partial charge in [-0.2, -0.15) is 0 Å². The summed E-state index contributed by atoms with van der Waals surface area (Å²) >= 11 is 0. The number of hydrogen-bond donors (Lipinski definition) is 2. The lowest BCUT2D eigenvalue weighted by molar-refractivity contribution is -0.129. The number of halogens is 1. The molecule has 2 aromatic rings. The van der Waals surface area contributed by atoms with Gasteiger partial charge in [-0.05, 0) is 19.1 Å². The van der Waals surface area contributed by atoms with Gasteiger partial charge in [0.25, 0.3) is 0 Å². The Bertz CT molecular complexity index is 818. The zero-order valence-corrected chi connectivity index (χ0v) is 20.7. The topological polar surface area (TPSA) is 90.7 Å². The normalized spacial score (nSPS) is 14.2. The Kier molecular flexibility index (Phi) is 10.5. The molecule has 2 heterocycles. The number of para-hydroxylation sites is 1. The van der Waals surface area contributed by atoms with Gasteiger partial charge >= 0.3 is 0 Å². The second kappa shape index (κ2) is 13.1. The van der Waals surface area contributed by atoms with Crippen molar-refractivity contribution in [3.05, 3.63) is 42.5 Å². The van der Waals surface area contributed by atoms with Crippen LogP contribution in [-0.2, 0) is 17.8 Å². The van der Waals surface area contributed by atoms with Crippen molar-refractivity contribution in [3.63, 3.8) is 0 Å². The SMILES string of the molecule is CCNC(=NCC(=O)N1CCN(c2ccccc2)CC1)NCCn1cnnc1CC.I. The van der Waals surface area contributed by atoms with Crippen molar-refractivity contribution in [1.82, 2.24) is 30.3 Å². The summed E-state index contributed by atoms with van der Waals surface area (Å²) in [4.78, 5) is 21.3. The largest absolute Gasteiger partial charge is 0.368 e. The average molecular weight is 540 g/mol. The van der Waals surface area contributed by atoms with Crippen LogP contribution in [0.4, 0.5) is 5.69 Å². The number of carbonyl (C=O) groups is 1. The van der Waals surface area contributed by atoms with E-state index < -0.39 is 0 Å². The fourth-order valence-electron chi connectivity index (χ4n) is 3.48. The van der Waals surface area contributed by atoms with Crippen LogP contribution in [0.15, 0.2) is 41.7 Å². The number of aryl methyl sites for hydroxylation is 1. The zero-order valence-electron chi connectivity index (χ0n) is 18.3. The predicted octanol–water partition coefficient (Wildman–Crippen LogP) is 1.36. The van der Waals surface area contributed by atoms with Gasteiger partial charge in [-0.25, -0.2) is 4.99 Å². The van der Waals surface area contributed by atoms with E-state index in [0.29, 0.717) is 12.5 Å². The Labute approximate surface area is 201 Å². The van der Waals surface area contributed by atoms with Crippen LogP contribution >= 0.6 is 24.0 Å². The van der Waals surface area contributed by atoms with Crippen molar-refractivity contribution in [2.75, 3.05) is 50.7 Å². The van der Waals surface area contributed by atoms with Crippen LogP contribution in [0.5, 0.6) is 0 Å². The summed E-state index contributed by atoms with van der Waals surface area (Å²) < 4.78 is 2.02. The van der Waals surface area contributed by atoms with E-state index >= 15 is 0 Å². The highest BCUT2D eigenvalue weighted by atomic mass is 127. The molecule has 1 fully saturated rings. The molecular formula is C21H33IN8O. The molecule has 0 atom stereocenters. The minimum atomic E-state index is 0. The predicted molar refractivity (Wildman–Crippen MR) is 134 cm³/mol. The number of piperazine rings is 1. The van der Waals surface area contributed by atoms with E-state index in [2.05, 4.69) is 49.8 Å².